The van der Waals surface area contributed by atoms with E-state index in [2.05, 4.69) is 90.3 Å². The number of rotatable bonds is 1. The van der Waals surface area contributed by atoms with Gasteiger partial charge in [0.15, 0.2) is 6.20 Å². The zero-order chi connectivity index (χ0) is 14.2. The first-order valence-electron chi connectivity index (χ1n) is 7.22. The van der Waals surface area contributed by atoms with Crippen LogP contribution in [0.25, 0.3) is 27.5 Å². The van der Waals surface area contributed by atoms with Gasteiger partial charge in [0.2, 0.25) is 11.2 Å². The van der Waals surface area contributed by atoms with Crippen molar-refractivity contribution < 1.29 is 4.40 Å². The molecule has 0 aliphatic carbocycles. The second-order valence-corrected chi connectivity index (χ2v) is 5.44. The van der Waals surface area contributed by atoms with Crippen LogP contribution in [0.4, 0.5) is 0 Å². The van der Waals surface area contributed by atoms with Gasteiger partial charge in [-0.15, -0.1) is 0 Å². The molecule has 2 aromatic heterocycles. The number of hydrogen-bond donors (Lipinski definition) is 0. The molecule has 2 heterocycles. The molecule has 0 N–H and O–H groups in total. The average Bonchev–Trinajstić information content (AvgIpc) is 2.55. The van der Waals surface area contributed by atoms with Crippen LogP contribution in [0.1, 0.15) is 5.56 Å². The molecule has 0 saturated carbocycles. The van der Waals surface area contributed by atoms with Gasteiger partial charge in [-0.2, -0.15) is 4.40 Å². The molecular weight excluding hydrogens is 254 g/mol. The number of pyridine rings is 2. The second-order valence-electron chi connectivity index (χ2n) is 5.44. The zero-order valence-electron chi connectivity index (χ0n) is 12.0. The number of benzene rings is 2. The molecule has 0 fully saturated rings. The highest BCUT2D eigenvalue weighted by atomic mass is 14.9. The summed E-state index contributed by atoms with van der Waals surface area (Å²) < 4.78 is 2.28. The molecule has 0 atom stereocenters. The van der Waals surface area contributed by atoms with E-state index in [1.807, 2.05) is 0 Å². The third-order valence-electron chi connectivity index (χ3n) is 3.96. The Hall–Kier alpha value is -2.67. The Morgan fingerprint density at radius 2 is 1.52 bits per heavy atom. The lowest BCUT2D eigenvalue weighted by Gasteiger charge is -2.04. The maximum absolute atomic E-state index is 2.28. The van der Waals surface area contributed by atoms with E-state index in [-0.39, 0.29) is 0 Å². The van der Waals surface area contributed by atoms with Crippen LogP contribution >= 0.6 is 0 Å². The fraction of sp³-hybridized carbons (Fsp3) is 0.0500. The molecule has 0 spiro atoms. The summed E-state index contributed by atoms with van der Waals surface area (Å²) in [6, 6.07) is 25.8. The SMILES string of the molecule is Cc1cc(-c2ccccc2)[n+]2ccc3ccccc3c2c1. The molecule has 0 radical (unpaired) electrons. The van der Waals surface area contributed by atoms with E-state index in [1.54, 1.807) is 0 Å². The van der Waals surface area contributed by atoms with Gasteiger partial charge in [0.05, 0.1) is 5.39 Å². The lowest BCUT2D eigenvalue weighted by Crippen LogP contribution is -2.25. The van der Waals surface area contributed by atoms with E-state index in [1.165, 1.54) is 33.1 Å². The minimum Gasteiger partial charge on any atom is -0.159 e. The Morgan fingerprint density at radius 1 is 0.762 bits per heavy atom. The summed E-state index contributed by atoms with van der Waals surface area (Å²) in [4.78, 5) is 0. The summed E-state index contributed by atoms with van der Waals surface area (Å²) >= 11 is 0. The van der Waals surface area contributed by atoms with Crippen LogP contribution in [0.15, 0.2) is 79.0 Å². The normalized spacial score (nSPS) is 11.1. The van der Waals surface area contributed by atoms with Crippen molar-refractivity contribution in [1.82, 2.24) is 0 Å². The average molecular weight is 270 g/mol. The standard InChI is InChI=1S/C20H16N/c1-15-13-19(17-8-3-2-4-9-17)21-12-11-16-7-5-6-10-18(16)20(21)14-15/h2-14H,1H3/q+1. The fourth-order valence-electron chi connectivity index (χ4n) is 2.97. The fourth-order valence-corrected chi connectivity index (χ4v) is 2.97. The van der Waals surface area contributed by atoms with Gasteiger partial charge in [-0.1, -0.05) is 36.4 Å². The van der Waals surface area contributed by atoms with Gasteiger partial charge in [-0.3, -0.25) is 0 Å². The molecule has 0 unspecified atom stereocenters. The summed E-state index contributed by atoms with van der Waals surface area (Å²) in [6.45, 7) is 2.16. The zero-order valence-corrected chi connectivity index (χ0v) is 12.0. The third kappa shape index (κ3) is 1.98. The summed E-state index contributed by atoms with van der Waals surface area (Å²) in [7, 11) is 0. The predicted molar refractivity (Wildman–Crippen MR) is 87.3 cm³/mol. The van der Waals surface area contributed by atoms with Crippen LogP contribution in [0.3, 0.4) is 0 Å². The van der Waals surface area contributed by atoms with Crippen LogP contribution in [0.5, 0.6) is 0 Å². The monoisotopic (exact) mass is 270 g/mol. The van der Waals surface area contributed by atoms with Gasteiger partial charge in [0.1, 0.15) is 0 Å². The van der Waals surface area contributed by atoms with Crippen molar-refractivity contribution >= 4 is 16.3 Å². The second kappa shape index (κ2) is 4.71. The number of aryl methyl sites for hydroxylation is 1. The highest BCUT2D eigenvalue weighted by molar-refractivity contribution is 5.93. The first kappa shape index (κ1) is 12.1. The van der Waals surface area contributed by atoms with Crippen LogP contribution in [-0.2, 0) is 0 Å². The van der Waals surface area contributed by atoms with Crippen molar-refractivity contribution in [3.8, 4) is 11.3 Å². The molecule has 0 aliphatic heterocycles. The molecule has 0 aliphatic rings. The Bertz CT molecular complexity index is 940. The maximum atomic E-state index is 2.28. The first-order chi connectivity index (χ1) is 10.3. The van der Waals surface area contributed by atoms with Gasteiger partial charge < -0.3 is 0 Å². The van der Waals surface area contributed by atoms with E-state index < -0.39 is 0 Å². The summed E-state index contributed by atoms with van der Waals surface area (Å²) in [5, 5.41) is 2.57. The van der Waals surface area contributed by atoms with Crippen molar-refractivity contribution in [1.29, 1.82) is 0 Å². The molecule has 1 nitrogen and oxygen atoms in total. The Balaban J connectivity index is 2.15. The van der Waals surface area contributed by atoms with Gasteiger partial charge >= 0.3 is 0 Å². The number of nitrogens with zero attached hydrogens (tertiary/aromatic N) is 1. The molecule has 21 heavy (non-hydrogen) atoms. The van der Waals surface area contributed by atoms with E-state index >= 15 is 0 Å². The van der Waals surface area contributed by atoms with Crippen LogP contribution in [-0.4, -0.2) is 0 Å². The molecule has 0 bridgehead atoms. The van der Waals surface area contributed by atoms with Gasteiger partial charge in [0, 0.05) is 23.8 Å². The Labute approximate surface area is 124 Å². The number of fused-ring (bicyclic) bond motifs is 3. The largest absolute Gasteiger partial charge is 0.219 e. The van der Waals surface area contributed by atoms with Gasteiger partial charge in [0.25, 0.3) is 0 Å². The van der Waals surface area contributed by atoms with Gasteiger partial charge in [-0.05, 0) is 36.1 Å². The minimum atomic E-state index is 1.23. The molecule has 4 rings (SSSR count). The highest BCUT2D eigenvalue weighted by Gasteiger charge is 2.15. The van der Waals surface area contributed by atoms with E-state index in [0.717, 1.165) is 0 Å². The quantitative estimate of drug-likeness (QED) is 0.353. The first-order valence-corrected chi connectivity index (χ1v) is 7.22. The van der Waals surface area contributed by atoms with Gasteiger partial charge in [-0.25, -0.2) is 0 Å². The highest BCUT2D eigenvalue weighted by Crippen LogP contribution is 2.22. The predicted octanol–water partition coefficient (Wildman–Crippen LogP) is 4.55. The van der Waals surface area contributed by atoms with E-state index in [0.29, 0.717) is 0 Å². The number of hydrogen-bond acceptors (Lipinski definition) is 0. The van der Waals surface area contributed by atoms with Crippen molar-refractivity contribution in [3.63, 3.8) is 0 Å². The maximum Gasteiger partial charge on any atom is 0.219 e. The Morgan fingerprint density at radius 3 is 2.38 bits per heavy atom. The molecular formula is C20H16N+. The van der Waals surface area contributed by atoms with Crippen LogP contribution < -0.4 is 4.40 Å². The number of aromatic nitrogens is 1. The molecule has 0 amide bonds. The van der Waals surface area contributed by atoms with Crippen molar-refractivity contribution in [2.45, 2.75) is 6.92 Å². The molecule has 100 valence electrons. The molecule has 0 saturated heterocycles. The lowest BCUT2D eigenvalue weighted by molar-refractivity contribution is -0.498. The summed E-state index contributed by atoms with van der Waals surface area (Å²) in [5.41, 5.74) is 5.01. The van der Waals surface area contributed by atoms with Crippen molar-refractivity contribution in [2.24, 2.45) is 0 Å². The Kier molecular flexibility index (Phi) is 2.71. The summed E-state index contributed by atoms with van der Waals surface area (Å²) in [5.74, 6) is 0. The van der Waals surface area contributed by atoms with Crippen molar-refractivity contribution in [3.05, 3.63) is 84.6 Å². The topological polar surface area (TPSA) is 4.10 Å². The smallest absolute Gasteiger partial charge is 0.159 e. The lowest BCUT2D eigenvalue weighted by atomic mass is 10.1. The van der Waals surface area contributed by atoms with E-state index in [9.17, 15) is 0 Å². The molecule has 4 aromatic rings. The van der Waals surface area contributed by atoms with Crippen LogP contribution in [0, 0.1) is 6.92 Å². The minimum absolute atomic E-state index is 1.23. The van der Waals surface area contributed by atoms with Crippen LogP contribution in [0.2, 0.25) is 0 Å². The molecule has 1 heteroatoms. The van der Waals surface area contributed by atoms with E-state index in [4.69, 9.17) is 0 Å². The third-order valence-corrected chi connectivity index (χ3v) is 3.96. The molecule has 2 aromatic carbocycles. The summed E-state index contributed by atoms with van der Waals surface area (Å²) in [6.07, 6.45) is 2.17. The van der Waals surface area contributed by atoms with Crippen molar-refractivity contribution in [2.75, 3.05) is 0 Å².